The van der Waals surface area contributed by atoms with Crippen molar-refractivity contribution in [2.45, 2.75) is 6.42 Å². The van der Waals surface area contributed by atoms with Crippen molar-refractivity contribution in [1.82, 2.24) is 10.2 Å². The standard InChI is InChI=1S/C11H21ClN2O4/c1-17-8-6-14(7-9-18-2)11(16)10(15)13-5-3-4-12/h3-9H2,1-2H3,(H,13,15). The highest BCUT2D eigenvalue weighted by Crippen LogP contribution is 1.92. The average molecular weight is 281 g/mol. The van der Waals surface area contributed by atoms with Crippen LogP contribution in [0.15, 0.2) is 0 Å². The van der Waals surface area contributed by atoms with Crippen molar-refractivity contribution >= 4 is 23.4 Å². The molecule has 0 unspecified atom stereocenters. The first-order valence-electron chi connectivity index (χ1n) is 5.78. The number of ether oxygens (including phenoxy) is 2. The Morgan fingerprint density at radius 3 is 2.17 bits per heavy atom. The van der Waals surface area contributed by atoms with Gasteiger partial charge in [0, 0.05) is 39.7 Å². The van der Waals surface area contributed by atoms with E-state index in [1.165, 1.54) is 4.90 Å². The molecule has 0 heterocycles. The summed E-state index contributed by atoms with van der Waals surface area (Å²) >= 11 is 5.48. The highest BCUT2D eigenvalue weighted by atomic mass is 35.5. The molecule has 0 atom stereocenters. The fourth-order valence-electron chi connectivity index (χ4n) is 1.21. The number of carbonyl (C=O) groups excluding carboxylic acids is 2. The molecule has 0 radical (unpaired) electrons. The lowest BCUT2D eigenvalue weighted by Gasteiger charge is -2.21. The van der Waals surface area contributed by atoms with Crippen LogP contribution in [0.2, 0.25) is 0 Å². The van der Waals surface area contributed by atoms with Gasteiger partial charge in [0.05, 0.1) is 13.2 Å². The highest BCUT2D eigenvalue weighted by Gasteiger charge is 2.20. The molecule has 0 aliphatic rings. The van der Waals surface area contributed by atoms with Gasteiger partial charge in [-0.05, 0) is 6.42 Å². The van der Waals surface area contributed by atoms with Crippen LogP contribution in [0, 0.1) is 0 Å². The van der Waals surface area contributed by atoms with E-state index in [-0.39, 0.29) is 0 Å². The van der Waals surface area contributed by atoms with Crippen LogP contribution in [-0.4, -0.2) is 69.7 Å². The minimum atomic E-state index is -0.618. The average Bonchev–Trinajstić information content (AvgIpc) is 2.38. The molecular weight excluding hydrogens is 260 g/mol. The summed E-state index contributed by atoms with van der Waals surface area (Å²) in [5.41, 5.74) is 0. The van der Waals surface area contributed by atoms with E-state index in [9.17, 15) is 9.59 Å². The van der Waals surface area contributed by atoms with Crippen LogP contribution in [0.25, 0.3) is 0 Å². The Kier molecular flexibility index (Phi) is 10.7. The third-order valence-electron chi connectivity index (χ3n) is 2.21. The molecule has 0 aromatic heterocycles. The van der Waals surface area contributed by atoms with Gasteiger partial charge in [-0.1, -0.05) is 0 Å². The van der Waals surface area contributed by atoms with Crippen molar-refractivity contribution in [3.63, 3.8) is 0 Å². The van der Waals surface area contributed by atoms with E-state index in [2.05, 4.69) is 5.32 Å². The Labute approximate surface area is 113 Å². The Hall–Kier alpha value is -0.850. The number of nitrogens with one attached hydrogen (secondary N) is 1. The molecule has 0 aliphatic heterocycles. The number of amides is 2. The summed E-state index contributed by atoms with van der Waals surface area (Å²) in [5.74, 6) is -0.739. The number of hydrogen-bond donors (Lipinski definition) is 1. The largest absolute Gasteiger partial charge is 0.383 e. The predicted molar refractivity (Wildman–Crippen MR) is 68.7 cm³/mol. The van der Waals surface area contributed by atoms with Gasteiger partial charge in [0.1, 0.15) is 0 Å². The SMILES string of the molecule is COCCN(CCOC)C(=O)C(=O)NCCCCl. The van der Waals surface area contributed by atoms with Gasteiger partial charge in [-0.25, -0.2) is 0 Å². The summed E-state index contributed by atoms with van der Waals surface area (Å²) in [5, 5.41) is 2.52. The molecule has 6 nitrogen and oxygen atoms in total. The van der Waals surface area contributed by atoms with E-state index < -0.39 is 11.8 Å². The van der Waals surface area contributed by atoms with E-state index in [4.69, 9.17) is 21.1 Å². The number of carbonyl (C=O) groups is 2. The molecule has 0 fully saturated rings. The molecule has 0 rings (SSSR count). The topological polar surface area (TPSA) is 67.9 Å². The maximum Gasteiger partial charge on any atom is 0.312 e. The van der Waals surface area contributed by atoms with Gasteiger partial charge in [-0.15, -0.1) is 11.6 Å². The van der Waals surface area contributed by atoms with Crippen LogP contribution in [0.5, 0.6) is 0 Å². The Balaban J connectivity index is 4.19. The number of halogens is 1. The minimum absolute atomic E-state index is 0.363. The summed E-state index contributed by atoms with van der Waals surface area (Å²) in [4.78, 5) is 24.8. The first-order chi connectivity index (χ1) is 8.67. The molecule has 1 N–H and O–H groups in total. The number of methoxy groups -OCH3 is 2. The Morgan fingerprint density at radius 1 is 1.17 bits per heavy atom. The van der Waals surface area contributed by atoms with Crippen LogP contribution < -0.4 is 5.32 Å². The lowest BCUT2D eigenvalue weighted by molar-refractivity contribution is -0.146. The molecule has 0 spiro atoms. The van der Waals surface area contributed by atoms with Crippen molar-refractivity contribution in [3.8, 4) is 0 Å². The van der Waals surface area contributed by atoms with E-state index in [1.807, 2.05) is 0 Å². The van der Waals surface area contributed by atoms with E-state index in [0.29, 0.717) is 45.1 Å². The molecular formula is C11H21ClN2O4. The van der Waals surface area contributed by atoms with Gasteiger partial charge in [0.2, 0.25) is 0 Å². The number of alkyl halides is 1. The summed E-state index contributed by atoms with van der Waals surface area (Å²) in [7, 11) is 3.08. The normalized spacial score (nSPS) is 10.2. The van der Waals surface area contributed by atoms with E-state index in [1.54, 1.807) is 14.2 Å². The second kappa shape index (κ2) is 11.3. The van der Waals surface area contributed by atoms with Crippen molar-refractivity contribution in [1.29, 1.82) is 0 Å². The minimum Gasteiger partial charge on any atom is -0.383 e. The predicted octanol–water partition coefficient (Wildman–Crippen LogP) is -0.147. The fourth-order valence-corrected chi connectivity index (χ4v) is 1.34. The van der Waals surface area contributed by atoms with Crippen LogP contribution >= 0.6 is 11.6 Å². The second-order valence-electron chi connectivity index (χ2n) is 3.58. The van der Waals surface area contributed by atoms with Crippen LogP contribution in [0.3, 0.4) is 0 Å². The molecule has 0 saturated carbocycles. The zero-order chi connectivity index (χ0) is 13.8. The van der Waals surface area contributed by atoms with Crippen molar-refractivity contribution < 1.29 is 19.1 Å². The van der Waals surface area contributed by atoms with Gasteiger partial charge in [0.25, 0.3) is 0 Å². The zero-order valence-electron chi connectivity index (χ0n) is 10.9. The van der Waals surface area contributed by atoms with Crippen LogP contribution in [-0.2, 0) is 19.1 Å². The zero-order valence-corrected chi connectivity index (χ0v) is 11.7. The first kappa shape index (κ1) is 17.2. The first-order valence-corrected chi connectivity index (χ1v) is 6.31. The second-order valence-corrected chi connectivity index (χ2v) is 3.95. The lowest BCUT2D eigenvalue weighted by atomic mass is 10.4. The quantitative estimate of drug-likeness (QED) is 0.362. The third-order valence-corrected chi connectivity index (χ3v) is 2.48. The van der Waals surface area contributed by atoms with Crippen LogP contribution in [0.4, 0.5) is 0 Å². The number of rotatable bonds is 9. The molecule has 7 heteroatoms. The maximum atomic E-state index is 11.8. The summed E-state index contributed by atoms with van der Waals surface area (Å²) in [6, 6.07) is 0. The molecule has 0 aromatic carbocycles. The fraction of sp³-hybridized carbons (Fsp3) is 0.818. The van der Waals surface area contributed by atoms with Gasteiger partial charge >= 0.3 is 11.8 Å². The smallest absolute Gasteiger partial charge is 0.312 e. The monoisotopic (exact) mass is 280 g/mol. The summed E-state index contributed by atoms with van der Waals surface area (Å²) in [6.07, 6.45) is 0.636. The van der Waals surface area contributed by atoms with Crippen LogP contribution in [0.1, 0.15) is 6.42 Å². The highest BCUT2D eigenvalue weighted by molar-refractivity contribution is 6.35. The molecule has 0 aromatic rings. The summed E-state index contributed by atoms with van der Waals surface area (Å²) < 4.78 is 9.79. The third kappa shape index (κ3) is 7.47. The van der Waals surface area contributed by atoms with E-state index in [0.717, 1.165) is 0 Å². The number of nitrogens with zero attached hydrogens (tertiary/aromatic N) is 1. The van der Waals surface area contributed by atoms with Gasteiger partial charge in [0.15, 0.2) is 0 Å². The molecule has 0 bridgehead atoms. The van der Waals surface area contributed by atoms with E-state index >= 15 is 0 Å². The van der Waals surface area contributed by atoms with Gasteiger partial charge in [-0.2, -0.15) is 0 Å². The molecule has 106 valence electrons. The van der Waals surface area contributed by atoms with Gasteiger partial charge in [-0.3, -0.25) is 9.59 Å². The van der Waals surface area contributed by atoms with Crippen molar-refractivity contribution in [2.24, 2.45) is 0 Å². The number of hydrogen-bond acceptors (Lipinski definition) is 4. The van der Waals surface area contributed by atoms with Crippen molar-refractivity contribution in [2.75, 3.05) is 52.9 Å². The molecule has 0 saturated heterocycles. The molecule has 18 heavy (non-hydrogen) atoms. The maximum absolute atomic E-state index is 11.8. The molecule has 0 aliphatic carbocycles. The Bertz CT molecular complexity index is 243. The molecule has 2 amide bonds. The lowest BCUT2D eigenvalue weighted by Crippen LogP contribution is -2.45. The van der Waals surface area contributed by atoms with Gasteiger partial charge < -0.3 is 19.7 Å². The van der Waals surface area contributed by atoms with Crippen molar-refractivity contribution in [3.05, 3.63) is 0 Å². The Morgan fingerprint density at radius 2 is 1.72 bits per heavy atom. The summed E-state index contributed by atoms with van der Waals surface area (Å²) in [6.45, 7) is 1.88.